The van der Waals surface area contributed by atoms with Gasteiger partial charge in [-0.05, 0) is 42.9 Å². The first-order chi connectivity index (χ1) is 8.06. The van der Waals surface area contributed by atoms with Crippen LogP contribution in [0.1, 0.15) is 24.7 Å². The molecule has 0 saturated heterocycles. The summed E-state index contributed by atoms with van der Waals surface area (Å²) in [6.45, 7) is 8.33. The molecule has 0 unspecified atom stereocenters. The number of rotatable bonds is 7. The van der Waals surface area contributed by atoms with Crippen LogP contribution in [0.4, 0.5) is 0 Å². The van der Waals surface area contributed by atoms with Crippen molar-refractivity contribution in [3.05, 3.63) is 15.9 Å². The fourth-order valence-corrected chi connectivity index (χ4v) is 2.22. The maximum Gasteiger partial charge on any atom is 0.0739 e. The average molecular weight is 303 g/mol. The molecule has 0 bridgehead atoms. The Bertz CT molecular complexity index is 349. The molecule has 0 fully saturated rings. The van der Waals surface area contributed by atoms with Gasteiger partial charge in [-0.2, -0.15) is 5.10 Å². The van der Waals surface area contributed by atoms with Crippen LogP contribution in [0.3, 0.4) is 0 Å². The smallest absolute Gasteiger partial charge is 0.0739 e. The van der Waals surface area contributed by atoms with E-state index in [0.29, 0.717) is 0 Å². The van der Waals surface area contributed by atoms with E-state index in [4.69, 9.17) is 0 Å². The van der Waals surface area contributed by atoms with E-state index in [1.807, 2.05) is 18.7 Å². The largest absolute Gasteiger partial charge is 0.315 e. The SMILES string of the molecule is CCCNCCN(C)Cc1c(Br)c(C)nn1C. The van der Waals surface area contributed by atoms with E-state index < -0.39 is 0 Å². The second-order valence-corrected chi connectivity index (χ2v) is 5.25. The zero-order valence-corrected chi connectivity index (χ0v) is 12.8. The summed E-state index contributed by atoms with van der Waals surface area (Å²) in [5.41, 5.74) is 2.29. The van der Waals surface area contributed by atoms with Crippen molar-refractivity contribution in [2.75, 3.05) is 26.7 Å². The highest BCUT2D eigenvalue weighted by Gasteiger charge is 2.12. The molecule has 5 heteroatoms. The van der Waals surface area contributed by atoms with Crippen molar-refractivity contribution < 1.29 is 0 Å². The molecule has 1 N–H and O–H groups in total. The molecular weight excluding hydrogens is 280 g/mol. The van der Waals surface area contributed by atoms with Crippen LogP contribution in [0.2, 0.25) is 0 Å². The van der Waals surface area contributed by atoms with Gasteiger partial charge in [-0.3, -0.25) is 9.58 Å². The predicted octanol–water partition coefficient (Wildman–Crippen LogP) is 1.92. The molecule has 0 aliphatic heterocycles. The van der Waals surface area contributed by atoms with Gasteiger partial charge >= 0.3 is 0 Å². The van der Waals surface area contributed by atoms with Crippen LogP contribution in [-0.4, -0.2) is 41.4 Å². The van der Waals surface area contributed by atoms with Crippen LogP contribution in [0, 0.1) is 6.92 Å². The summed E-state index contributed by atoms with van der Waals surface area (Å²) in [4.78, 5) is 2.31. The number of likely N-dealkylation sites (N-methyl/N-ethyl adjacent to an activating group) is 1. The molecule has 0 atom stereocenters. The highest BCUT2D eigenvalue weighted by Crippen LogP contribution is 2.21. The zero-order valence-electron chi connectivity index (χ0n) is 11.3. The lowest BCUT2D eigenvalue weighted by molar-refractivity contribution is 0.315. The van der Waals surface area contributed by atoms with Gasteiger partial charge in [0, 0.05) is 26.7 Å². The maximum atomic E-state index is 4.40. The molecule has 17 heavy (non-hydrogen) atoms. The van der Waals surface area contributed by atoms with Gasteiger partial charge in [0.15, 0.2) is 0 Å². The first-order valence-electron chi connectivity index (χ1n) is 6.13. The first kappa shape index (κ1) is 14.7. The van der Waals surface area contributed by atoms with E-state index in [2.05, 4.69) is 45.2 Å². The van der Waals surface area contributed by atoms with Crippen molar-refractivity contribution in [2.45, 2.75) is 26.8 Å². The van der Waals surface area contributed by atoms with E-state index in [1.165, 1.54) is 12.1 Å². The summed E-state index contributed by atoms with van der Waals surface area (Å²) < 4.78 is 3.09. The molecular formula is C12H23BrN4. The van der Waals surface area contributed by atoms with Crippen molar-refractivity contribution in [1.29, 1.82) is 0 Å². The lowest BCUT2D eigenvalue weighted by Gasteiger charge is -2.17. The third-order valence-corrected chi connectivity index (χ3v) is 3.81. The topological polar surface area (TPSA) is 33.1 Å². The summed E-state index contributed by atoms with van der Waals surface area (Å²) in [5, 5.41) is 7.81. The minimum atomic E-state index is 0.922. The van der Waals surface area contributed by atoms with Crippen molar-refractivity contribution in [3.8, 4) is 0 Å². The Morgan fingerprint density at radius 3 is 2.65 bits per heavy atom. The molecule has 98 valence electrons. The van der Waals surface area contributed by atoms with Crippen LogP contribution in [0.25, 0.3) is 0 Å². The van der Waals surface area contributed by atoms with E-state index >= 15 is 0 Å². The third-order valence-electron chi connectivity index (χ3n) is 2.78. The normalized spacial score (nSPS) is 11.4. The Morgan fingerprint density at radius 1 is 1.41 bits per heavy atom. The second-order valence-electron chi connectivity index (χ2n) is 4.46. The van der Waals surface area contributed by atoms with Gasteiger partial charge in [-0.15, -0.1) is 0 Å². The first-order valence-corrected chi connectivity index (χ1v) is 6.92. The molecule has 0 aliphatic rings. The number of hydrogen-bond acceptors (Lipinski definition) is 3. The van der Waals surface area contributed by atoms with Gasteiger partial charge in [0.05, 0.1) is 15.9 Å². The van der Waals surface area contributed by atoms with E-state index in [9.17, 15) is 0 Å². The molecule has 1 aromatic heterocycles. The summed E-state index contributed by atoms with van der Waals surface area (Å²) in [7, 11) is 4.14. The van der Waals surface area contributed by atoms with E-state index in [0.717, 1.165) is 36.3 Å². The number of nitrogens with zero attached hydrogens (tertiary/aromatic N) is 3. The van der Waals surface area contributed by atoms with Gasteiger partial charge in [-0.1, -0.05) is 6.92 Å². The standard InChI is InChI=1S/C12H23BrN4/c1-5-6-14-7-8-16(3)9-11-12(13)10(2)15-17(11)4/h14H,5-9H2,1-4H3. The number of aryl methyl sites for hydroxylation is 2. The fraction of sp³-hybridized carbons (Fsp3) is 0.750. The molecule has 1 rings (SSSR count). The minimum absolute atomic E-state index is 0.922. The van der Waals surface area contributed by atoms with Gasteiger partial charge in [0.1, 0.15) is 0 Å². The molecule has 0 saturated carbocycles. The van der Waals surface area contributed by atoms with Gasteiger partial charge in [0.25, 0.3) is 0 Å². The summed E-state index contributed by atoms with van der Waals surface area (Å²) in [6, 6.07) is 0. The molecule has 1 heterocycles. The van der Waals surface area contributed by atoms with Gasteiger partial charge in [0.2, 0.25) is 0 Å². The highest BCUT2D eigenvalue weighted by molar-refractivity contribution is 9.10. The molecule has 0 radical (unpaired) electrons. The molecule has 4 nitrogen and oxygen atoms in total. The van der Waals surface area contributed by atoms with Gasteiger partial charge in [-0.25, -0.2) is 0 Å². The average Bonchev–Trinajstić information content (AvgIpc) is 2.52. The predicted molar refractivity (Wildman–Crippen MR) is 75.1 cm³/mol. The van der Waals surface area contributed by atoms with Crippen molar-refractivity contribution in [1.82, 2.24) is 20.0 Å². The van der Waals surface area contributed by atoms with Crippen LogP contribution >= 0.6 is 15.9 Å². The number of nitrogens with one attached hydrogen (secondary N) is 1. The third kappa shape index (κ3) is 4.41. The zero-order chi connectivity index (χ0) is 12.8. The molecule has 0 aromatic carbocycles. The highest BCUT2D eigenvalue weighted by atomic mass is 79.9. The lowest BCUT2D eigenvalue weighted by atomic mass is 10.3. The Balaban J connectivity index is 2.42. The van der Waals surface area contributed by atoms with Crippen LogP contribution in [0.15, 0.2) is 4.47 Å². The summed E-state index contributed by atoms with van der Waals surface area (Å²) in [6.07, 6.45) is 1.19. The molecule has 0 aliphatic carbocycles. The summed E-state index contributed by atoms with van der Waals surface area (Å²) >= 11 is 3.60. The van der Waals surface area contributed by atoms with Crippen LogP contribution in [-0.2, 0) is 13.6 Å². The molecule has 0 amide bonds. The number of aromatic nitrogens is 2. The molecule has 0 spiro atoms. The van der Waals surface area contributed by atoms with E-state index in [1.54, 1.807) is 0 Å². The van der Waals surface area contributed by atoms with Crippen molar-refractivity contribution >= 4 is 15.9 Å². The number of halogens is 1. The quantitative estimate of drug-likeness (QED) is 0.781. The fourth-order valence-electron chi connectivity index (χ4n) is 1.76. The molecule has 1 aromatic rings. The lowest BCUT2D eigenvalue weighted by Crippen LogP contribution is -2.30. The van der Waals surface area contributed by atoms with Crippen LogP contribution in [0.5, 0.6) is 0 Å². The summed E-state index contributed by atoms with van der Waals surface area (Å²) in [5.74, 6) is 0. The Hall–Kier alpha value is -0.390. The van der Waals surface area contributed by atoms with Crippen LogP contribution < -0.4 is 5.32 Å². The monoisotopic (exact) mass is 302 g/mol. The van der Waals surface area contributed by atoms with Crippen molar-refractivity contribution in [2.24, 2.45) is 7.05 Å². The number of hydrogen-bond donors (Lipinski definition) is 1. The Kier molecular flexibility index (Phi) is 6.16. The Morgan fingerprint density at radius 2 is 2.12 bits per heavy atom. The van der Waals surface area contributed by atoms with E-state index in [-0.39, 0.29) is 0 Å². The van der Waals surface area contributed by atoms with Gasteiger partial charge < -0.3 is 5.32 Å². The minimum Gasteiger partial charge on any atom is -0.315 e. The second kappa shape index (κ2) is 7.13. The van der Waals surface area contributed by atoms with Crippen molar-refractivity contribution in [3.63, 3.8) is 0 Å². The Labute approximate surface area is 113 Å². The maximum absolute atomic E-state index is 4.40.